The third kappa shape index (κ3) is 2.17. The fourth-order valence-electron chi connectivity index (χ4n) is 0.408. The molecule has 0 atom stereocenters. The van der Waals surface area contributed by atoms with Gasteiger partial charge in [0.15, 0.2) is 0 Å². The molecule has 0 aliphatic carbocycles. The van der Waals surface area contributed by atoms with Crippen molar-refractivity contribution < 1.29 is 9.53 Å². The monoisotopic (exact) mass is 143 g/mol. The van der Waals surface area contributed by atoms with Gasteiger partial charge in [-0.1, -0.05) is 20.8 Å². The standard InChI is InChI=1S/C7H13NO2/c1-7(2,3)5(8)6(9)10-4/h8H,1-4H3. The van der Waals surface area contributed by atoms with Gasteiger partial charge < -0.3 is 4.74 Å². The summed E-state index contributed by atoms with van der Waals surface area (Å²) in [5, 5.41) is 7.27. The van der Waals surface area contributed by atoms with Crippen molar-refractivity contribution in [2.45, 2.75) is 20.8 Å². The van der Waals surface area contributed by atoms with E-state index in [1.165, 1.54) is 7.11 Å². The van der Waals surface area contributed by atoms with Crippen LogP contribution in [0.15, 0.2) is 0 Å². The summed E-state index contributed by atoms with van der Waals surface area (Å²) in [6.45, 7) is 5.39. The number of nitrogens with one attached hydrogen (secondary N) is 1. The fraction of sp³-hybridized carbons (Fsp3) is 0.714. The Labute approximate surface area is 60.9 Å². The summed E-state index contributed by atoms with van der Waals surface area (Å²) in [6.07, 6.45) is 0. The molecule has 0 spiro atoms. The lowest BCUT2D eigenvalue weighted by atomic mass is 9.90. The van der Waals surface area contributed by atoms with E-state index in [4.69, 9.17) is 5.41 Å². The van der Waals surface area contributed by atoms with Crippen LogP contribution in [0.1, 0.15) is 20.8 Å². The van der Waals surface area contributed by atoms with E-state index in [2.05, 4.69) is 4.74 Å². The van der Waals surface area contributed by atoms with Gasteiger partial charge in [0.25, 0.3) is 0 Å². The van der Waals surface area contributed by atoms with E-state index in [9.17, 15) is 4.79 Å². The normalized spacial score (nSPS) is 10.8. The molecular weight excluding hydrogens is 130 g/mol. The van der Waals surface area contributed by atoms with Gasteiger partial charge in [-0.05, 0) is 0 Å². The lowest BCUT2D eigenvalue weighted by Crippen LogP contribution is -2.28. The van der Waals surface area contributed by atoms with E-state index < -0.39 is 11.4 Å². The Morgan fingerprint density at radius 1 is 1.40 bits per heavy atom. The second-order valence-electron chi connectivity index (χ2n) is 3.12. The quantitative estimate of drug-likeness (QED) is 0.443. The molecule has 58 valence electrons. The van der Waals surface area contributed by atoms with Gasteiger partial charge in [0.2, 0.25) is 0 Å². The molecule has 0 rings (SSSR count). The predicted octanol–water partition coefficient (Wildman–Crippen LogP) is 1.23. The van der Waals surface area contributed by atoms with Crippen molar-refractivity contribution >= 4 is 11.7 Å². The number of hydrogen-bond donors (Lipinski definition) is 1. The molecule has 0 saturated carbocycles. The first-order chi connectivity index (χ1) is 4.39. The highest BCUT2D eigenvalue weighted by Gasteiger charge is 2.24. The van der Waals surface area contributed by atoms with Crippen LogP contribution >= 0.6 is 0 Å². The molecule has 0 bridgehead atoms. The maximum Gasteiger partial charge on any atom is 0.352 e. The average molecular weight is 143 g/mol. The zero-order valence-electron chi connectivity index (χ0n) is 6.82. The molecule has 0 unspecified atom stereocenters. The molecular formula is C7H13NO2. The summed E-state index contributed by atoms with van der Waals surface area (Å²) in [5.41, 5.74) is -0.400. The summed E-state index contributed by atoms with van der Waals surface area (Å²) in [4.78, 5) is 10.7. The molecule has 0 heterocycles. The zero-order chi connectivity index (χ0) is 8.36. The number of esters is 1. The lowest BCUT2D eigenvalue weighted by molar-refractivity contribution is -0.133. The highest BCUT2D eigenvalue weighted by atomic mass is 16.5. The Balaban J connectivity index is 4.24. The molecule has 3 heteroatoms. The first-order valence-corrected chi connectivity index (χ1v) is 3.07. The molecule has 0 aliphatic rings. The smallest absolute Gasteiger partial charge is 0.352 e. The van der Waals surface area contributed by atoms with E-state index in [1.54, 1.807) is 20.8 Å². The highest BCUT2D eigenvalue weighted by Crippen LogP contribution is 2.14. The van der Waals surface area contributed by atoms with Gasteiger partial charge in [0.05, 0.1) is 7.11 Å². The number of carbonyl (C=O) groups is 1. The number of ether oxygens (including phenoxy) is 1. The van der Waals surface area contributed by atoms with Crippen molar-refractivity contribution in [2.24, 2.45) is 5.41 Å². The van der Waals surface area contributed by atoms with Gasteiger partial charge in [0.1, 0.15) is 5.71 Å². The van der Waals surface area contributed by atoms with Crippen molar-refractivity contribution in [1.82, 2.24) is 0 Å². The minimum absolute atomic E-state index is 0.00926. The van der Waals surface area contributed by atoms with Crippen LogP contribution in [0, 0.1) is 10.8 Å². The minimum atomic E-state index is -0.549. The van der Waals surface area contributed by atoms with Crippen molar-refractivity contribution in [1.29, 1.82) is 5.41 Å². The summed E-state index contributed by atoms with van der Waals surface area (Å²) in [7, 11) is 1.28. The second-order valence-corrected chi connectivity index (χ2v) is 3.12. The van der Waals surface area contributed by atoms with Gasteiger partial charge >= 0.3 is 5.97 Å². The van der Waals surface area contributed by atoms with Gasteiger partial charge in [-0.15, -0.1) is 0 Å². The number of methoxy groups -OCH3 is 1. The maximum absolute atomic E-state index is 10.7. The highest BCUT2D eigenvalue weighted by molar-refractivity contribution is 6.36. The largest absolute Gasteiger partial charge is 0.465 e. The minimum Gasteiger partial charge on any atom is -0.465 e. The third-order valence-corrected chi connectivity index (χ3v) is 1.14. The number of carbonyl (C=O) groups excluding carboxylic acids is 1. The summed E-state index contributed by atoms with van der Waals surface area (Å²) in [5.74, 6) is -0.549. The summed E-state index contributed by atoms with van der Waals surface area (Å²) in [6, 6.07) is 0. The molecule has 0 saturated heterocycles. The molecule has 0 fully saturated rings. The molecule has 0 radical (unpaired) electrons. The molecule has 0 aromatic heterocycles. The van der Waals surface area contributed by atoms with E-state index in [1.807, 2.05) is 0 Å². The van der Waals surface area contributed by atoms with Crippen LogP contribution in [0.25, 0.3) is 0 Å². The van der Waals surface area contributed by atoms with E-state index in [0.717, 1.165) is 0 Å². The number of rotatable bonds is 1. The second kappa shape index (κ2) is 2.82. The Hall–Kier alpha value is -0.860. The Kier molecular flexibility index (Phi) is 2.57. The predicted molar refractivity (Wildman–Crippen MR) is 39.2 cm³/mol. The molecule has 10 heavy (non-hydrogen) atoms. The van der Waals surface area contributed by atoms with E-state index in [0.29, 0.717) is 0 Å². The van der Waals surface area contributed by atoms with Crippen LogP contribution in [-0.2, 0) is 9.53 Å². The molecule has 0 amide bonds. The SMILES string of the molecule is COC(=O)C(=N)C(C)(C)C. The Bertz CT molecular complexity index is 155. The lowest BCUT2D eigenvalue weighted by Gasteiger charge is -2.16. The van der Waals surface area contributed by atoms with Crippen molar-refractivity contribution in [2.75, 3.05) is 7.11 Å². The van der Waals surface area contributed by atoms with Crippen LogP contribution in [0.5, 0.6) is 0 Å². The van der Waals surface area contributed by atoms with Crippen molar-refractivity contribution in [3.8, 4) is 0 Å². The number of hydrogen-bond acceptors (Lipinski definition) is 3. The van der Waals surface area contributed by atoms with Crippen LogP contribution in [0.3, 0.4) is 0 Å². The van der Waals surface area contributed by atoms with Crippen LogP contribution in [0.2, 0.25) is 0 Å². The Morgan fingerprint density at radius 2 is 1.80 bits per heavy atom. The van der Waals surface area contributed by atoms with Crippen LogP contribution in [0.4, 0.5) is 0 Å². The van der Waals surface area contributed by atoms with E-state index >= 15 is 0 Å². The van der Waals surface area contributed by atoms with Gasteiger partial charge in [-0.2, -0.15) is 0 Å². The topological polar surface area (TPSA) is 50.2 Å². The van der Waals surface area contributed by atoms with E-state index in [-0.39, 0.29) is 5.71 Å². The summed E-state index contributed by atoms with van der Waals surface area (Å²) >= 11 is 0. The maximum atomic E-state index is 10.7. The zero-order valence-corrected chi connectivity index (χ0v) is 6.82. The molecule has 0 aromatic rings. The first kappa shape index (κ1) is 9.14. The Morgan fingerprint density at radius 3 is 1.90 bits per heavy atom. The third-order valence-electron chi connectivity index (χ3n) is 1.14. The van der Waals surface area contributed by atoms with Crippen LogP contribution in [-0.4, -0.2) is 18.8 Å². The molecule has 3 nitrogen and oxygen atoms in total. The summed E-state index contributed by atoms with van der Waals surface area (Å²) < 4.78 is 4.38. The van der Waals surface area contributed by atoms with Crippen LogP contribution < -0.4 is 0 Å². The van der Waals surface area contributed by atoms with Gasteiger partial charge in [-0.3, -0.25) is 5.41 Å². The van der Waals surface area contributed by atoms with Gasteiger partial charge in [-0.25, -0.2) is 4.79 Å². The van der Waals surface area contributed by atoms with Crippen molar-refractivity contribution in [3.05, 3.63) is 0 Å². The molecule has 0 aliphatic heterocycles. The average Bonchev–Trinajstić information content (AvgIpc) is 1.83. The fourth-order valence-corrected chi connectivity index (χ4v) is 0.408. The molecule has 1 N–H and O–H groups in total. The van der Waals surface area contributed by atoms with Crippen molar-refractivity contribution in [3.63, 3.8) is 0 Å². The van der Waals surface area contributed by atoms with Gasteiger partial charge in [0, 0.05) is 5.41 Å². The first-order valence-electron chi connectivity index (χ1n) is 3.07. The molecule has 0 aromatic carbocycles.